The molecule has 6 nitrogen and oxygen atoms in total. The molecule has 160 valence electrons. The molecule has 1 atom stereocenters. The fraction of sp³-hybridized carbons (Fsp3) is 0.115. The number of Topliss-reactive ketones (excluding diaryl/α,β-unsaturated/α-hetero) is 1. The van der Waals surface area contributed by atoms with Crippen LogP contribution in [0, 0.1) is 0 Å². The highest BCUT2D eigenvalue weighted by atomic mass is 16.5. The predicted molar refractivity (Wildman–Crippen MR) is 120 cm³/mol. The molecule has 4 rings (SSSR count). The topological polar surface area (TPSA) is 83.9 Å². The number of nitrogens with zero attached hydrogens (tertiary/aromatic N) is 1. The van der Waals surface area contributed by atoms with Crippen LogP contribution in [0.1, 0.15) is 34.5 Å². The molecule has 0 aliphatic carbocycles. The number of aliphatic hydroxyl groups is 1. The average molecular weight is 427 g/mol. The summed E-state index contributed by atoms with van der Waals surface area (Å²) in [6.45, 7) is 1.97. The Morgan fingerprint density at radius 2 is 1.47 bits per heavy atom. The molecule has 1 fully saturated rings. The number of carbonyl (C=O) groups is 3. The van der Waals surface area contributed by atoms with E-state index in [0.717, 1.165) is 0 Å². The highest BCUT2D eigenvalue weighted by Crippen LogP contribution is 2.42. The maximum absolute atomic E-state index is 13.1. The molecule has 1 aliphatic heterocycles. The Balaban J connectivity index is 1.84. The van der Waals surface area contributed by atoms with Gasteiger partial charge in [0.1, 0.15) is 5.76 Å². The molecule has 3 aromatic carbocycles. The summed E-state index contributed by atoms with van der Waals surface area (Å²) in [5.74, 6) is -2.22. The van der Waals surface area contributed by atoms with Crippen molar-refractivity contribution in [2.45, 2.75) is 13.0 Å². The number of hydrogen-bond acceptors (Lipinski definition) is 5. The molecule has 1 N–H and O–H groups in total. The summed E-state index contributed by atoms with van der Waals surface area (Å²) in [5, 5.41) is 11.0. The molecule has 0 spiro atoms. The van der Waals surface area contributed by atoms with Gasteiger partial charge in [-0.15, -0.1) is 0 Å². The molecule has 0 aromatic heterocycles. The number of ether oxygens (including phenoxy) is 1. The SMILES string of the molecule is CCOC(=O)c1ccc(N2C(=O)C(=O)/C(=C(/O)c3ccccc3)[C@@H]2c2ccccc2)cc1. The third-order valence-corrected chi connectivity index (χ3v) is 5.26. The molecule has 1 amide bonds. The number of aliphatic hydroxyl groups excluding tert-OH is 1. The molecule has 1 saturated heterocycles. The Labute approximate surface area is 185 Å². The molecule has 0 radical (unpaired) electrons. The van der Waals surface area contributed by atoms with E-state index in [0.29, 0.717) is 22.4 Å². The molecule has 32 heavy (non-hydrogen) atoms. The Kier molecular flexibility index (Phi) is 5.85. The zero-order chi connectivity index (χ0) is 22.7. The van der Waals surface area contributed by atoms with Crippen molar-refractivity contribution in [2.75, 3.05) is 11.5 Å². The van der Waals surface area contributed by atoms with E-state index in [1.54, 1.807) is 73.7 Å². The number of anilines is 1. The second kappa shape index (κ2) is 8.89. The first-order valence-electron chi connectivity index (χ1n) is 10.2. The fourth-order valence-electron chi connectivity index (χ4n) is 3.77. The van der Waals surface area contributed by atoms with Gasteiger partial charge in [0.05, 0.1) is 23.8 Å². The number of benzene rings is 3. The molecule has 0 unspecified atom stereocenters. The number of amides is 1. The standard InChI is InChI=1S/C26H21NO5/c1-2-32-26(31)19-13-15-20(16-14-19)27-22(17-9-5-3-6-10-17)21(24(29)25(27)30)23(28)18-11-7-4-8-12-18/h3-16,22,28H,2H2,1H3/b23-21+/t22-/m0/s1. The van der Waals surface area contributed by atoms with Crippen molar-refractivity contribution < 1.29 is 24.2 Å². The van der Waals surface area contributed by atoms with E-state index in [1.165, 1.54) is 4.90 Å². The van der Waals surface area contributed by atoms with Crippen molar-refractivity contribution in [3.63, 3.8) is 0 Å². The molecule has 0 bridgehead atoms. The van der Waals surface area contributed by atoms with Gasteiger partial charge in [-0.05, 0) is 36.8 Å². The van der Waals surface area contributed by atoms with Crippen molar-refractivity contribution in [2.24, 2.45) is 0 Å². The van der Waals surface area contributed by atoms with Gasteiger partial charge in [0.25, 0.3) is 11.7 Å². The van der Waals surface area contributed by atoms with E-state index in [1.807, 2.05) is 18.2 Å². The summed E-state index contributed by atoms with van der Waals surface area (Å²) in [6, 6.07) is 23.2. The van der Waals surface area contributed by atoms with Crippen LogP contribution in [0.2, 0.25) is 0 Å². The van der Waals surface area contributed by atoms with E-state index < -0.39 is 23.7 Å². The number of rotatable bonds is 5. The Bertz CT molecular complexity index is 1180. The summed E-state index contributed by atoms with van der Waals surface area (Å²) < 4.78 is 5.01. The quantitative estimate of drug-likeness (QED) is 0.281. The van der Waals surface area contributed by atoms with Gasteiger partial charge < -0.3 is 9.84 Å². The lowest BCUT2D eigenvalue weighted by molar-refractivity contribution is -0.132. The molecule has 3 aromatic rings. The van der Waals surface area contributed by atoms with Crippen molar-refractivity contribution in [3.05, 3.63) is 107 Å². The number of esters is 1. The van der Waals surface area contributed by atoms with Gasteiger partial charge in [0, 0.05) is 11.3 Å². The molecular weight excluding hydrogens is 406 g/mol. The lowest BCUT2D eigenvalue weighted by atomic mass is 9.95. The van der Waals surface area contributed by atoms with E-state index >= 15 is 0 Å². The van der Waals surface area contributed by atoms with E-state index in [4.69, 9.17) is 4.74 Å². The van der Waals surface area contributed by atoms with Gasteiger partial charge in [-0.25, -0.2) is 4.79 Å². The summed E-state index contributed by atoms with van der Waals surface area (Å²) in [5.41, 5.74) is 1.92. The predicted octanol–water partition coefficient (Wildman–Crippen LogP) is 4.49. The van der Waals surface area contributed by atoms with Crippen molar-refractivity contribution in [3.8, 4) is 0 Å². The van der Waals surface area contributed by atoms with E-state index in [9.17, 15) is 19.5 Å². The third kappa shape index (κ3) is 3.78. The summed E-state index contributed by atoms with van der Waals surface area (Å²) >= 11 is 0. The first-order chi connectivity index (χ1) is 15.5. The second-order valence-corrected chi connectivity index (χ2v) is 7.21. The van der Waals surface area contributed by atoms with Gasteiger partial charge in [-0.3, -0.25) is 14.5 Å². The Morgan fingerprint density at radius 3 is 2.06 bits per heavy atom. The van der Waals surface area contributed by atoms with Crippen LogP contribution in [0.4, 0.5) is 5.69 Å². The first-order valence-corrected chi connectivity index (χ1v) is 10.2. The summed E-state index contributed by atoms with van der Waals surface area (Å²) in [7, 11) is 0. The summed E-state index contributed by atoms with van der Waals surface area (Å²) in [4.78, 5) is 39.5. The number of ketones is 1. The zero-order valence-electron chi connectivity index (χ0n) is 17.4. The van der Waals surface area contributed by atoms with Crippen LogP contribution in [0.5, 0.6) is 0 Å². The first kappa shape index (κ1) is 21.1. The van der Waals surface area contributed by atoms with Crippen molar-refractivity contribution in [1.82, 2.24) is 0 Å². The van der Waals surface area contributed by atoms with Gasteiger partial charge in [0.2, 0.25) is 0 Å². The lowest BCUT2D eigenvalue weighted by Crippen LogP contribution is -2.29. The van der Waals surface area contributed by atoms with Crippen LogP contribution < -0.4 is 4.90 Å². The molecule has 0 saturated carbocycles. The summed E-state index contributed by atoms with van der Waals surface area (Å²) in [6.07, 6.45) is 0. The van der Waals surface area contributed by atoms with Crippen molar-refractivity contribution in [1.29, 1.82) is 0 Å². The number of carbonyl (C=O) groups excluding carboxylic acids is 3. The van der Waals surface area contributed by atoms with Gasteiger partial charge in [-0.1, -0.05) is 60.7 Å². The van der Waals surface area contributed by atoms with Gasteiger partial charge in [-0.2, -0.15) is 0 Å². The van der Waals surface area contributed by atoms with E-state index in [2.05, 4.69) is 0 Å². The van der Waals surface area contributed by atoms with Crippen LogP contribution in [0.25, 0.3) is 5.76 Å². The van der Waals surface area contributed by atoms with Crippen LogP contribution in [-0.4, -0.2) is 29.4 Å². The maximum Gasteiger partial charge on any atom is 0.338 e. The maximum atomic E-state index is 13.1. The van der Waals surface area contributed by atoms with Crippen molar-refractivity contribution >= 4 is 29.1 Å². The lowest BCUT2D eigenvalue weighted by Gasteiger charge is -2.25. The Hall–Kier alpha value is -4.19. The monoisotopic (exact) mass is 427 g/mol. The largest absolute Gasteiger partial charge is 0.507 e. The highest BCUT2D eigenvalue weighted by Gasteiger charge is 2.46. The molecular formula is C26H21NO5. The van der Waals surface area contributed by atoms with Crippen LogP contribution in [0.3, 0.4) is 0 Å². The molecule has 1 heterocycles. The van der Waals surface area contributed by atoms with Gasteiger partial charge >= 0.3 is 5.97 Å². The zero-order valence-corrected chi connectivity index (χ0v) is 17.4. The smallest absolute Gasteiger partial charge is 0.338 e. The van der Waals surface area contributed by atoms with Gasteiger partial charge in [0.15, 0.2) is 0 Å². The molecule has 6 heteroatoms. The normalized spacial score (nSPS) is 17.4. The minimum Gasteiger partial charge on any atom is -0.507 e. The average Bonchev–Trinajstić information content (AvgIpc) is 3.10. The fourth-order valence-corrected chi connectivity index (χ4v) is 3.77. The van der Waals surface area contributed by atoms with Crippen LogP contribution in [-0.2, 0) is 14.3 Å². The van der Waals surface area contributed by atoms with Crippen LogP contribution >= 0.6 is 0 Å². The van der Waals surface area contributed by atoms with E-state index in [-0.39, 0.29) is 17.9 Å². The minimum absolute atomic E-state index is 0.0156. The highest BCUT2D eigenvalue weighted by molar-refractivity contribution is 6.51. The van der Waals surface area contributed by atoms with Crippen LogP contribution in [0.15, 0.2) is 90.5 Å². The third-order valence-electron chi connectivity index (χ3n) is 5.26. The minimum atomic E-state index is -0.815. The number of hydrogen-bond donors (Lipinski definition) is 1. The molecule has 1 aliphatic rings. The second-order valence-electron chi connectivity index (χ2n) is 7.21. The Morgan fingerprint density at radius 1 is 0.875 bits per heavy atom.